The summed E-state index contributed by atoms with van der Waals surface area (Å²) in [4.78, 5) is 12.5. The molecule has 0 aliphatic carbocycles. The lowest BCUT2D eigenvalue weighted by Crippen LogP contribution is -2.25. The molecule has 0 bridgehead atoms. The molecule has 1 aromatic heterocycles. The van der Waals surface area contributed by atoms with Gasteiger partial charge in [0.15, 0.2) is 0 Å². The van der Waals surface area contributed by atoms with Gasteiger partial charge in [-0.15, -0.1) is 11.3 Å². The lowest BCUT2D eigenvalue weighted by atomic mass is 10.0. The number of carboxylic acid groups (broad SMARTS) is 1. The summed E-state index contributed by atoms with van der Waals surface area (Å²) in [6.07, 6.45) is 0. The molecule has 3 nitrogen and oxygen atoms in total. The van der Waals surface area contributed by atoms with E-state index in [2.05, 4.69) is 30.6 Å². The third-order valence-electron chi connectivity index (χ3n) is 3.28. The van der Waals surface area contributed by atoms with E-state index in [1.165, 1.54) is 4.88 Å². The fraction of sp³-hybridized carbons (Fsp3) is 0.312. The number of nitrogens with one attached hydrogen (secondary N) is 1. The first-order chi connectivity index (χ1) is 9.59. The molecule has 2 N–H and O–H groups in total. The van der Waals surface area contributed by atoms with Gasteiger partial charge in [-0.1, -0.05) is 38.1 Å². The number of rotatable bonds is 6. The van der Waals surface area contributed by atoms with Crippen molar-refractivity contribution in [1.29, 1.82) is 0 Å². The predicted molar refractivity (Wildman–Crippen MR) is 82.1 cm³/mol. The summed E-state index contributed by atoms with van der Waals surface area (Å²) < 4.78 is 0. The summed E-state index contributed by atoms with van der Waals surface area (Å²) in [6.45, 7) is 4.89. The van der Waals surface area contributed by atoms with Crippen LogP contribution in [0.5, 0.6) is 0 Å². The minimum atomic E-state index is -0.875. The molecule has 2 rings (SSSR count). The molecule has 0 spiro atoms. The molecule has 1 aromatic carbocycles. The summed E-state index contributed by atoms with van der Waals surface area (Å²) in [5, 5.41) is 14.7. The van der Waals surface area contributed by atoms with Crippen LogP contribution in [0.1, 0.15) is 40.7 Å². The van der Waals surface area contributed by atoms with Crippen LogP contribution >= 0.6 is 11.3 Å². The van der Waals surface area contributed by atoms with Crippen molar-refractivity contribution >= 4 is 17.3 Å². The van der Waals surface area contributed by atoms with E-state index in [-0.39, 0.29) is 6.04 Å². The normalized spacial score (nSPS) is 12.6. The number of benzene rings is 1. The Labute approximate surface area is 123 Å². The van der Waals surface area contributed by atoms with Gasteiger partial charge in [0, 0.05) is 17.5 Å². The van der Waals surface area contributed by atoms with E-state index in [4.69, 9.17) is 0 Å². The molecule has 0 aliphatic rings. The maximum absolute atomic E-state index is 11.2. The van der Waals surface area contributed by atoms with Gasteiger partial charge in [-0.3, -0.25) is 0 Å². The van der Waals surface area contributed by atoms with E-state index in [1.807, 2.05) is 18.2 Å². The van der Waals surface area contributed by atoms with Gasteiger partial charge in [0.05, 0.1) is 5.56 Å². The summed E-state index contributed by atoms with van der Waals surface area (Å²) in [6, 6.07) is 11.5. The molecule has 0 aliphatic heterocycles. The Balaban J connectivity index is 2.13. The van der Waals surface area contributed by atoms with Crippen molar-refractivity contribution in [2.45, 2.75) is 26.4 Å². The Kier molecular flexibility index (Phi) is 4.93. The van der Waals surface area contributed by atoms with E-state index < -0.39 is 5.97 Å². The van der Waals surface area contributed by atoms with Crippen LogP contribution in [0, 0.1) is 5.92 Å². The second-order valence-electron chi connectivity index (χ2n) is 5.08. The highest BCUT2D eigenvalue weighted by Crippen LogP contribution is 2.26. The van der Waals surface area contributed by atoms with Gasteiger partial charge < -0.3 is 10.4 Å². The van der Waals surface area contributed by atoms with Gasteiger partial charge in [-0.2, -0.15) is 0 Å². The first-order valence-corrected chi connectivity index (χ1v) is 7.55. The average molecular weight is 289 g/mol. The molecule has 0 saturated carbocycles. The van der Waals surface area contributed by atoms with Crippen molar-refractivity contribution in [2.24, 2.45) is 5.92 Å². The van der Waals surface area contributed by atoms with Gasteiger partial charge in [0.25, 0.3) is 0 Å². The Morgan fingerprint density at radius 1 is 1.25 bits per heavy atom. The zero-order valence-corrected chi connectivity index (χ0v) is 12.5. The summed E-state index contributed by atoms with van der Waals surface area (Å²) in [5.74, 6) is -0.426. The second-order valence-corrected chi connectivity index (χ2v) is 6.06. The number of carboxylic acids is 1. The van der Waals surface area contributed by atoms with E-state index >= 15 is 0 Å². The van der Waals surface area contributed by atoms with Crippen molar-refractivity contribution in [3.05, 3.63) is 57.8 Å². The number of aromatic carboxylic acids is 1. The fourth-order valence-corrected chi connectivity index (χ4v) is 3.21. The van der Waals surface area contributed by atoms with E-state index in [0.717, 1.165) is 5.56 Å². The Morgan fingerprint density at radius 2 is 2.00 bits per heavy atom. The van der Waals surface area contributed by atoms with Crippen LogP contribution in [-0.2, 0) is 6.54 Å². The summed E-state index contributed by atoms with van der Waals surface area (Å²) in [5.41, 5.74) is 1.19. The van der Waals surface area contributed by atoms with E-state index in [9.17, 15) is 9.90 Å². The monoisotopic (exact) mass is 289 g/mol. The molecular formula is C16H19NO2S. The van der Waals surface area contributed by atoms with E-state index in [0.29, 0.717) is 18.0 Å². The third kappa shape index (κ3) is 3.46. The molecule has 1 heterocycles. The molecular weight excluding hydrogens is 270 g/mol. The highest BCUT2D eigenvalue weighted by molar-refractivity contribution is 7.10. The minimum Gasteiger partial charge on any atom is -0.478 e. The van der Waals surface area contributed by atoms with Crippen LogP contribution in [0.15, 0.2) is 41.8 Å². The van der Waals surface area contributed by atoms with Crippen molar-refractivity contribution < 1.29 is 9.90 Å². The molecule has 0 radical (unpaired) electrons. The molecule has 2 aromatic rings. The average Bonchev–Trinajstić information content (AvgIpc) is 2.92. The number of carbonyl (C=O) groups is 1. The van der Waals surface area contributed by atoms with Crippen LogP contribution in [0.25, 0.3) is 0 Å². The van der Waals surface area contributed by atoms with Crippen LogP contribution in [0.4, 0.5) is 0 Å². The zero-order valence-electron chi connectivity index (χ0n) is 11.7. The third-order valence-corrected chi connectivity index (χ3v) is 4.23. The van der Waals surface area contributed by atoms with Crippen molar-refractivity contribution in [3.63, 3.8) is 0 Å². The topological polar surface area (TPSA) is 49.3 Å². The predicted octanol–water partition coefficient (Wildman–Crippen LogP) is 3.93. The van der Waals surface area contributed by atoms with Crippen LogP contribution in [0.3, 0.4) is 0 Å². The Bertz CT molecular complexity index is 564. The fourth-order valence-electron chi connectivity index (χ4n) is 2.24. The van der Waals surface area contributed by atoms with Crippen LogP contribution < -0.4 is 5.32 Å². The molecule has 106 valence electrons. The SMILES string of the molecule is CC(C)C(NCc1ccccc1C(=O)O)c1cccs1. The summed E-state index contributed by atoms with van der Waals surface area (Å²) >= 11 is 1.73. The van der Waals surface area contributed by atoms with Gasteiger partial charge in [-0.05, 0) is 29.0 Å². The highest BCUT2D eigenvalue weighted by atomic mass is 32.1. The lowest BCUT2D eigenvalue weighted by molar-refractivity contribution is 0.0695. The highest BCUT2D eigenvalue weighted by Gasteiger charge is 2.17. The quantitative estimate of drug-likeness (QED) is 0.847. The zero-order chi connectivity index (χ0) is 14.5. The van der Waals surface area contributed by atoms with Gasteiger partial charge in [0.2, 0.25) is 0 Å². The first kappa shape index (κ1) is 14.8. The van der Waals surface area contributed by atoms with Gasteiger partial charge in [0.1, 0.15) is 0 Å². The molecule has 1 unspecified atom stereocenters. The van der Waals surface area contributed by atoms with Gasteiger partial charge >= 0.3 is 5.97 Å². The smallest absolute Gasteiger partial charge is 0.336 e. The maximum atomic E-state index is 11.2. The van der Waals surface area contributed by atoms with Crippen LogP contribution in [0.2, 0.25) is 0 Å². The molecule has 1 atom stereocenters. The first-order valence-electron chi connectivity index (χ1n) is 6.67. The number of thiophene rings is 1. The van der Waals surface area contributed by atoms with Crippen molar-refractivity contribution in [3.8, 4) is 0 Å². The lowest BCUT2D eigenvalue weighted by Gasteiger charge is -2.21. The Hall–Kier alpha value is -1.65. The minimum absolute atomic E-state index is 0.247. The van der Waals surface area contributed by atoms with Crippen molar-refractivity contribution in [1.82, 2.24) is 5.32 Å². The molecule has 4 heteroatoms. The van der Waals surface area contributed by atoms with E-state index in [1.54, 1.807) is 23.5 Å². The maximum Gasteiger partial charge on any atom is 0.336 e. The molecule has 0 saturated heterocycles. The van der Waals surface area contributed by atoms with Crippen LogP contribution in [-0.4, -0.2) is 11.1 Å². The van der Waals surface area contributed by atoms with Crippen molar-refractivity contribution in [2.75, 3.05) is 0 Å². The molecule has 0 fully saturated rings. The Morgan fingerprint density at radius 3 is 2.60 bits per heavy atom. The summed E-state index contributed by atoms with van der Waals surface area (Å²) in [7, 11) is 0. The van der Waals surface area contributed by atoms with Gasteiger partial charge in [-0.25, -0.2) is 4.79 Å². The molecule has 0 amide bonds. The number of hydrogen-bond acceptors (Lipinski definition) is 3. The second kappa shape index (κ2) is 6.68. The standard InChI is InChI=1S/C16H19NO2S/c1-11(2)15(14-8-5-9-20-14)17-10-12-6-3-4-7-13(12)16(18)19/h3-9,11,15,17H,10H2,1-2H3,(H,18,19). The largest absolute Gasteiger partial charge is 0.478 e. The number of hydrogen-bond donors (Lipinski definition) is 2. The molecule has 20 heavy (non-hydrogen) atoms.